The Kier molecular flexibility index (Phi) is 3.19. The largest absolute Gasteiger partial charge is 0.476 e. The maximum absolute atomic E-state index is 12.9. The van der Waals surface area contributed by atoms with Gasteiger partial charge in [-0.3, -0.25) is 0 Å². The number of rotatable bonds is 3. The van der Waals surface area contributed by atoms with E-state index in [1.165, 1.54) is 5.51 Å². The van der Waals surface area contributed by atoms with Crippen molar-refractivity contribution in [2.24, 2.45) is 0 Å². The van der Waals surface area contributed by atoms with E-state index >= 15 is 0 Å². The predicted octanol–water partition coefficient (Wildman–Crippen LogP) is 3.00. The zero-order valence-corrected chi connectivity index (χ0v) is 9.39. The van der Waals surface area contributed by atoms with Crippen molar-refractivity contribution in [1.82, 2.24) is 4.98 Å². The first-order chi connectivity index (χ1) is 8.49. The third-order valence-electron chi connectivity index (χ3n) is 2.01. The van der Waals surface area contributed by atoms with E-state index in [-0.39, 0.29) is 16.4 Å². The van der Waals surface area contributed by atoms with Gasteiger partial charge in [-0.15, -0.1) is 11.3 Å². The topological polar surface area (TPSA) is 62.2 Å². The Morgan fingerprint density at radius 1 is 1.28 bits per heavy atom. The number of aromatic carboxylic acids is 1. The van der Waals surface area contributed by atoms with Gasteiger partial charge in [-0.1, -0.05) is 0 Å². The summed E-state index contributed by atoms with van der Waals surface area (Å²) in [5, 5.41) is 11.4. The molecule has 0 saturated heterocycles. The molecule has 0 fully saturated rings. The molecule has 0 unspecified atom stereocenters. The molecule has 0 bridgehead atoms. The maximum Gasteiger partial charge on any atom is 0.357 e. The summed E-state index contributed by atoms with van der Waals surface area (Å²) in [6, 6.07) is 1.45. The van der Waals surface area contributed by atoms with Crippen LogP contribution in [-0.2, 0) is 0 Å². The summed E-state index contributed by atoms with van der Waals surface area (Å²) in [7, 11) is 0. The molecule has 0 atom stereocenters. The Hall–Kier alpha value is -2.09. The first kappa shape index (κ1) is 12.4. The van der Waals surface area contributed by atoms with Crippen molar-refractivity contribution < 1.29 is 23.1 Å². The van der Waals surface area contributed by atoms with Crippen molar-refractivity contribution in [2.45, 2.75) is 0 Å². The normalized spacial score (nSPS) is 10.4. The van der Waals surface area contributed by atoms with Crippen LogP contribution in [0.15, 0.2) is 17.6 Å². The first-order valence-corrected chi connectivity index (χ1v) is 5.45. The minimum absolute atomic E-state index is 0.0989. The number of aromatic nitrogens is 1. The summed E-state index contributed by atoms with van der Waals surface area (Å²) in [5.41, 5.74) is 0.894. The van der Waals surface area contributed by atoms with Gasteiger partial charge in [0.15, 0.2) is 23.1 Å². The number of hydrogen-bond donors (Lipinski definition) is 2. The van der Waals surface area contributed by atoms with Gasteiger partial charge in [-0.2, -0.15) is 0 Å². The molecule has 18 heavy (non-hydrogen) atoms. The Morgan fingerprint density at radius 2 is 1.89 bits per heavy atom. The van der Waals surface area contributed by atoms with Crippen LogP contribution in [-0.4, -0.2) is 16.1 Å². The fourth-order valence-electron chi connectivity index (χ4n) is 1.25. The van der Waals surface area contributed by atoms with Gasteiger partial charge in [0.1, 0.15) is 5.00 Å². The third-order valence-corrected chi connectivity index (χ3v) is 2.75. The Bertz CT molecular complexity index is 592. The molecule has 4 nitrogen and oxygen atoms in total. The van der Waals surface area contributed by atoms with Crippen molar-refractivity contribution in [3.8, 4) is 0 Å². The summed E-state index contributed by atoms with van der Waals surface area (Å²) >= 11 is 0.947. The highest BCUT2D eigenvalue weighted by Gasteiger charge is 2.16. The number of benzene rings is 1. The van der Waals surface area contributed by atoms with E-state index in [1.807, 2.05) is 0 Å². The first-order valence-electron chi connectivity index (χ1n) is 4.57. The summed E-state index contributed by atoms with van der Waals surface area (Å²) in [6.07, 6.45) is 0. The van der Waals surface area contributed by atoms with Crippen LogP contribution in [0.2, 0.25) is 0 Å². The Labute approximate surface area is 103 Å². The van der Waals surface area contributed by atoms with Crippen molar-refractivity contribution in [3.05, 3.63) is 40.8 Å². The minimum Gasteiger partial charge on any atom is -0.476 e. The molecule has 2 rings (SSSR count). The van der Waals surface area contributed by atoms with Gasteiger partial charge in [-0.05, 0) is 0 Å². The zero-order chi connectivity index (χ0) is 13.3. The molecular weight excluding hydrogens is 269 g/mol. The number of hydrogen-bond acceptors (Lipinski definition) is 4. The molecule has 0 radical (unpaired) electrons. The SMILES string of the molecule is O=C(O)c1ncsc1Nc1cc(F)c(F)c(F)c1. The molecule has 1 aromatic heterocycles. The molecule has 8 heteroatoms. The number of carboxylic acid groups (broad SMARTS) is 1. The fraction of sp³-hybridized carbons (Fsp3) is 0. The number of nitrogens with zero attached hydrogens (tertiary/aromatic N) is 1. The van der Waals surface area contributed by atoms with Crippen molar-refractivity contribution >= 4 is 28.0 Å². The smallest absolute Gasteiger partial charge is 0.357 e. The lowest BCUT2D eigenvalue weighted by molar-refractivity contribution is 0.0692. The summed E-state index contributed by atoms with van der Waals surface area (Å²) < 4.78 is 38.6. The van der Waals surface area contributed by atoms with Gasteiger partial charge < -0.3 is 10.4 Å². The van der Waals surface area contributed by atoms with Crippen LogP contribution in [0.1, 0.15) is 10.5 Å². The second-order valence-electron chi connectivity index (χ2n) is 3.21. The molecule has 94 valence electrons. The van der Waals surface area contributed by atoms with Crippen LogP contribution < -0.4 is 5.32 Å². The van der Waals surface area contributed by atoms with Crippen LogP contribution in [0.5, 0.6) is 0 Å². The molecule has 0 aliphatic heterocycles. The summed E-state index contributed by atoms with van der Waals surface area (Å²) in [6.45, 7) is 0. The Morgan fingerprint density at radius 3 is 2.44 bits per heavy atom. The fourth-order valence-corrected chi connectivity index (χ4v) is 1.94. The van der Waals surface area contributed by atoms with Crippen LogP contribution in [0.3, 0.4) is 0 Å². The maximum atomic E-state index is 12.9. The van der Waals surface area contributed by atoms with E-state index in [2.05, 4.69) is 10.3 Å². The van der Waals surface area contributed by atoms with Gasteiger partial charge in [0.2, 0.25) is 0 Å². The van der Waals surface area contributed by atoms with Gasteiger partial charge in [0.05, 0.1) is 5.51 Å². The number of carbonyl (C=O) groups is 1. The van der Waals surface area contributed by atoms with Crippen LogP contribution in [0, 0.1) is 17.5 Å². The molecule has 0 spiro atoms. The molecule has 0 aliphatic carbocycles. The van der Waals surface area contributed by atoms with Crippen LogP contribution in [0.25, 0.3) is 0 Å². The minimum atomic E-state index is -1.58. The Balaban J connectivity index is 2.34. The molecule has 0 saturated carbocycles. The summed E-state index contributed by atoms with van der Waals surface area (Å²) in [5.74, 6) is -5.58. The van der Waals surface area contributed by atoms with E-state index in [0.717, 1.165) is 23.5 Å². The van der Waals surface area contributed by atoms with Crippen molar-refractivity contribution in [2.75, 3.05) is 5.32 Å². The predicted molar refractivity (Wildman–Crippen MR) is 58.7 cm³/mol. The van der Waals surface area contributed by atoms with Gasteiger partial charge in [-0.25, -0.2) is 22.9 Å². The second-order valence-corrected chi connectivity index (χ2v) is 4.07. The van der Waals surface area contributed by atoms with Gasteiger partial charge >= 0.3 is 5.97 Å². The monoisotopic (exact) mass is 274 g/mol. The van der Waals surface area contributed by atoms with Crippen molar-refractivity contribution in [3.63, 3.8) is 0 Å². The lowest BCUT2D eigenvalue weighted by atomic mass is 10.3. The number of nitrogens with one attached hydrogen (secondary N) is 1. The van der Waals surface area contributed by atoms with E-state index in [9.17, 15) is 18.0 Å². The van der Waals surface area contributed by atoms with Gasteiger partial charge in [0.25, 0.3) is 0 Å². The number of halogens is 3. The third kappa shape index (κ3) is 2.28. The number of thiazole rings is 1. The zero-order valence-electron chi connectivity index (χ0n) is 8.58. The van der Waals surface area contributed by atoms with Gasteiger partial charge in [0, 0.05) is 17.8 Å². The van der Waals surface area contributed by atoms with Crippen LogP contribution >= 0.6 is 11.3 Å². The second kappa shape index (κ2) is 4.65. The molecule has 2 aromatic rings. The van der Waals surface area contributed by atoms with Crippen LogP contribution in [0.4, 0.5) is 23.9 Å². The standard InChI is InChI=1S/C10H5F3N2O2S/c11-5-1-4(2-6(12)7(5)13)15-9-8(10(16)17)14-3-18-9/h1-3,15H,(H,16,17). The lowest BCUT2D eigenvalue weighted by Crippen LogP contribution is -2.02. The average molecular weight is 274 g/mol. The highest BCUT2D eigenvalue weighted by molar-refractivity contribution is 7.14. The molecule has 2 N–H and O–H groups in total. The van der Waals surface area contributed by atoms with Crippen molar-refractivity contribution in [1.29, 1.82) is 0 Å². The molecule has 0 amide bonds. The summed E-state index contributed by atoms with van der Waals surface area (Å²) in [4.78, 5) is 14.3. The average Bonchev–Trinajstić information content (AvgIpc) is 2.74. The van der Waals surface area contributed by atoms with E-state index in [0.29, 0.717) is 0 Å². The van der Waals surface area contributed by atoms with E-state index < -0.39 is 23.4 Å². The van der Waals surface area contributed by atoms with E-state index in [4.69, 9.17) is 5.11 Å². The molecule has 0 aliphatic rings. The molecule has 1 aromatic carbocycles. The molecule has 1 heterocycles. The lowest BCUT2D eigenvalue weighted by Gasteiger charge is -2.05. The quantitative estimate of drug-likeness (QED) is 0.844. The highest BCUT2D eigenvalue weighted by atomic mass is 32.1. The number of carboxylic acids is 1. The number of anilines is 2. The molecular formula is C10H5F3N2O2S. The van der Waals surface area contributed by atoms with E-state index in [1.54, 1.807) is 0 Å². The highest BCUT2D eigenvalue weighted by Crippen LogP contribution is 2.26.